The predicted molar refractivity (Wildman–Crippen MR) is 252 cm³/mol. The summed E-state index contributed by atoms with van der Waals surface area (Å²) in [7, 11) is 0. The SMILES string of the molecule is CCCCCCCC/C=C/C/C=C/CCCCC(=O)OC[C@H](CO[C@@H]1O[C@H](CO[C@@H]2O[C@H](CO)[C@H](O)C(O)C2O)[C@H](O)C(O)C1O)OC(=O)/C=C/C=C/CCCCCCCCCCCCC. The molecule has 15 nitrogen and oxygen atoms in total. The molecule has 2 aliphatic heterocycles. The van der Waals surface area contributed by atoms with E-state index in [1.807, 2.05) is 6.08 Å². The second-order valence-electron chi connectivity index (χ2n) is 17.7. The summed E-state index contributed by atoms with van der Waals surface area (Å²) < 4.78 is 33.3. The molecular formula is C51H88O15. The van der Waals surface area contributed by atoms with Crippen LogP contribution in [-0.2, 0) is 38.0 Å². The van der Waals surface area contributed by atoms with E-state index in [-0.39, 0.29) is 13.0 Å². The van der Waals surface area contributed by atoms with Crippen molar-refractivity contribution >= 4 is 11.9 Å². The molecule has 2 heterocycles. The smallest absolute Gasteiger partial charge is 0.331 e. The van der Waals surface area contributed by atoms with Crippen LogP contribution in [0.4, 0.5) is 0 Å². The Bertz CT molecular complexity index is 1340. The zero-order valence-corrected chi connectivity index (χ0v) is 40.2. The number of esters is 2. The van der Waals surface area contributed by atoms with Crippen molar-refractivity contribution in [1.29, 1.82) is 0 Å². The lowest BCUT2D eigenvalue weighted by molar-refractivity contribution is -0.332. The minimum absolute atomic E-state index is 0.155. The van der Waals surface area contributed by atoms with Gasteiger partial charge in [0.2, 0.25) is 0 Å². The molecule has 11 atom stereocenters. The first-order chi connectivity index (χ1) is 32.0. The van der Waals surface area contributed by atoms with E-state index >= 15 is 0 Å². The highest BCUT2D eigenvalue weighted by molar-refractivity contribution is 5.82. The molecule has 7 N–H and O–H groups in total. The summed E-state index contributed by atoms with van der Waals surface area (Å²) in [5.74, 6) is -1.22. The molecule has 2 aliphatic rings. The third kappa shape index (κ3) is 26.3. The number of hydrogen-bond acceptors (Lipinski definition) is 15. The van der Waals surface area contributed by atoms with Gasteiger partial charge in [-0.1, -0.05) is 153 Å². The van der Waals surface area contributed by atoms with Crippen molar-refractivity contribution in [3.63, 3.8) is 0 Å². The van der Waals surface area contributed by atoms with E-state index in [1.165, 1.54) is 102 Å². The number of hydrogen-bond donors (Lipinski definition) is 7. The molecule has 0 spiro atoms. The van der Waals surface area contributed by atoms with Gasteiger partial charge < -0.3 is 64.2 Å². The van der Waals surface area contributed by atoms with Crippen LogP contribution in [0.3, 0.4) is 0 Å². The summed E-state index contributed by atoms with van der Waals surface area (Å²) >= 11 is 0. The first-order valence-electron chi connectivity index (χ1n) is 25.3. The maximum Gasteiger partial charge on any atom is 0.331 e. The quantitative estimate of drug-likeness (QED) is 0.0112. The van der Waals surface area contributed by atoms with Gasteiger partial charge in [-0.3, -0.25) is 4.79 Å². The van der Waals surface area contributed by atoms with Crippen molar-refractivity contribution in [1.82, 2.24) is 0 Å². The van der Waals surface area contributed by atoms with E-state index < -0.39 is 99.3 Å². The Morgan fingerprint density at radius 3 is 1.58 bits per heavy atom. The van der Waals surface area contributed by atoms with Gasteiger partial charge in [0.05, 0.1) is 19.8 Å². The van der Waals surface area contributed by atoms with Gasteiger partial charge >= 0.3 is 11.9 Å². The van der Waals surface area contributed by atoms with Crippen LogP contribution < -0.4 is 0 Å². The van der Waals surface area contributed by atoms with E-state index in [9.17, 15) is 45.3 Å². The van der Waals surface area contributed by atoms with Gasteiger partial charge in [-0.2, -0.15) is 0 Å². The minimum atomic E-state index is -1.79. The standard InChI is InChI=1S/C51H88O15/c1-3-5-7-9-11-13-15-17-19-21-23-25-27-29-31-33-42(53)61-36-39(64-43(54)34-32-30-28-26-24-22-20-18-16-14-12-10-8-6-4-2)37-62-50-49(60)47(58)45(56)41(66-50)38-63-51-48(59)46(57)44(55)40(35-52)65-51/h17,19,23,25,28,30,32,34,39-41,44-52,55-60H,3-16,18,20-22,24,26-27,29,31,33,35-38H2,1-2H3/b19-17+,25-23+,30-28+,34-32+/t39-,40-,41-,44+,45+,46?,47?,48?,49?,50-,51-/m1/s1. The fourth-order valence-electron chi connectivity index (χ4n) is 7.68. The fourth-order valence-corrected chi connectivity index (χ4v) is 7.68. The summed E-state index contributed by atoms with van der Waals surface area (Å²) in [5.41, 5.74) is 0. The molecule has 0 aromatic carbocycles. The molecule has 15 heteroatoms. The van der Waals surface area contributed by atoms with Gasteiger partial charge in [0, 0.05) is 12.5 Å². The van der Waals surface area contributed by atoms with Crippen molar-refractivity contribution < 1.29 is 73.8 Å². The van der Waals surface area contributed by atoms with Crippen molar-refractivity contribution in [2.75, 3.05) is 26.4 Å². The fraction of sp³-hybridized carbons (Fsp3) is 0.804. The van der Waals surface area contributed by atoms with E-state index in [2.05, 4.69) is 38.2 Å². The number of allylic oxidation sites excluding steroid dienone is 7. The van der Waals surface area contributed by atoms with Crippen molar-refractivity contribution in [2.45, 2.75) is 235 Å². The van der Waals surface area contributed by atoms with Crippen LogP contribution in [-0.4, -0.2) is 142 Å². The van der Waals surface area contributed by atoms with Crippen LogP contribution in [0.2, 0.25) is 0 Å². The Hall–Kier alpha value is -2.54. The van der Waals surface area contributed by atoms with Crippen LogP contribution >= 0.6 is 0 Å². The third-order valence-electron chi connectivity index (χ3n) is 11.9. The van der Waals surface area contributed by atoms with Crippen LogP contribution in [0.15, 0.2) is 48.6 Å². The summed E-state index contributed by atoms with van der Waals surface area (Å²) in [6.07, 6.45) is 24.9. The lowest BCUT2D eigenvalue weighted by atomic mass is 9.98. The number of unbranched alkanes of at least 4 members (excludes halogenated alkanes) is 19. The molecule has 0 aromatic rings. The van der Waals surface area contributed by atoms with Gasteiger partial charge in [-0.15, -0.1) is 0 Å². The highest BCUT2D eigenvalue weighted by Crippen LogP contribution is 2.26. The Balaban J connectivity index is 1.87. The second-order valence-corrected chi connectivity index (χ2v) is 17.7. The summed E-state index contributed by atoms with van der Waals surface area (Å²) in [5, 5.41) is 72.0. The first kappa shape index (κ1) is 59.6. The van der Waals surface area contributed by atoms with Gasteiger partial charge in [-0.25, -0.2) is 4.79 Å². The average molecular weight is 941 g/mol. The number of rotatable bonds is 38. The normalized spacial score (nSPS) is 26.6. The zero-order chi connectivity index (χ0) is 48.2. The molecule has 2 rings (SSSR count). The molecular weight excluding hydrogens is 853 g/mol. The summed E-state index contributed by atoms with van der Waals surface area (Å²) in [4.78, 5) is 25.6. The molecule has 0 amide bonds. The number of carbonyl (C=O) groups is 2. The maximum atomic E-state index is 12.9. The molecule has 0 saturated carbocycles. The molecule has 66 heavy (non-hydrogen) atoms. The molecule has 2 saturated heterocycles. The number of aliphatic hydroxyl groups excluding tert-OH is 7. The Morgan fingerprint density at radius 2 is 1.02 bits per heavy atom. The average Bonchev–Trinajstić information content (AvgIpc) is 3.31. The number of aliphatic hydroxyl groups is 7. The van der Waals surface area contributed by atoms with E-state index in [4.69, 9.17) is 28.4 Å². The largest absolute Gasteiger partial charge is 0.462 e. The molecule has 0 aliphatic carbocycles. The van der Waals surface area contributed by atoms with E-state index in [1.54, 1.807) is 12.2 Å². The molecule has 0 bridgehead atoms. The Labute approximate surface area is 395 Å². The summed E-state index contributed by atoms with van der Waals surface area (Å²) in [6, 6.07) is 0. The van der Waals surface area contributed by atoms with Crippen molar-refractivity contribution in [3.8, 4) is 0 Å². The van der Waals surface area contributed by atoms with Gasteiger partial charge in [0.25, 0.3) is 0 Å². The topological polar surface area (TPSA) is 231 Å². The maximum absolute atomic E-state index is 12.9. The van der Waals surface area contributed by atoms with Crippen molar-refractivity contribution in [3.05, 3.63) is 48.6 Å². The van der Waals surface area contributed by atoms with Gasteiger partial charge in [-0.05, 0) is 51.4 Å². The van der Waals surface area contributed by atoms with E-state index in [0.29, 0.717) is 6.42 Å². The Kier molecular flexibility index (Phi) is 34.6. The number of ether oxygens (including phenoxy) is 6. The lowest BCUT2D eigenvalue weighted by Gasteiger charge is -2.42. The molecule has 4 unspecified atom stereocenters. The highest BCUT2D eigenvalue weighted by Gasteiger charge is 2.47. The van der Waals surface area contributed by atoms with Crippen LogP contribution in [0.5, 0.6) is 0 Å². The molecule has 0 radical (unpaired) electrons. The van der Waals surface area contributed by atoms with Crippen LogP contribution in [0, 0.1) is 0 Å². The minimum Gasteiger partial charge on any atom is -0.462 e. The summed E-state index contributed by atoms with van der Waals surface area (Å²) in [6.45, 7) is 2.42. The molecule has 382 valence electrons. The van der Waals surface area contributed by atoms with Gasteiger partial charge in [0.1, 0.15) is 55.4 Å². The van der Waals surface area contributed by atoms with Gasteiger partial charge in [0.15, 0.2) is 18.7 Å². The molecule has 0 aromatic heterocycles. The third-order valence-corrected chi connectivity index (χ3v) is 11.9. The van der Waals surface area contributed by atoms with Crippen LogP contribution in [0.1, 0.15) is 168 Å². The Morgan fingerprint density at radius 1 is 0.530 bits per heavy atom. The highest BCUT2D eigenvalue weighted by atomic mass is 16.7. The van der Waals surface area contributed by atoms with Crippen LogP contribution in [0.25, 0.3) is 0 Å². The lowest BCUT2D eigenvalue weighted by Crippen LogP contribution is -2.61. The van der Waals surface area contributed by atoms with E-state index in [0.717, 1.165) is 44.9 Å². The van der Waals surface area contributed by atoms with Crippen molar-refractivity contribution in [2.24, 2.45) is 0 Å². The molecule has 2 fully saturated rings. The monoisotopic (exact) mass is 941 g/mol. The zero-order valence-electron chi connectivity index (χ0n) is 40.2. The number of carbonyl (C=O) groups excluding carboxylic acids is 2. The first-order valence-corrected chi connectivity index (χ1v) is 25.3. The second kappa shape index (κ2) is 38.3. The predicted octanol–water partition coefficient (Wildman–Crippen LogP) is 6.71.